The molecule has 0 aromatic heterocycles. The van der Waals surface area contributed by atoms with E-state index in [1.54, 1.807) is 0 Å². The number of allylic oxidation sites excluding steroid dienone is 12. The maximum atomic E-state index is 13.1. The highest BCUT2D eigenvalue weighted by Crippen LogP contribution is 2.26. The fraction of sp³-hybridized carbons (Fsp3) is 0.746. The molecular weight excluding hydrogens is 949 g/mol. The molecule has 0 aliphatic carbocycles. The number of carboxylic acids is 1. The number of carbonyl (C=O) groups is 4. The van der Waals surface area contributed by atoms with Gasteiger partial charge in [-0.1, -0.05) is 222 Å². The van der Waals surface area contributed by atoms with E-state index in [9.17, 15) is 34.5 Å². The summed E-state index contributed by atoms with van der Waals surface area (Å²) in [5.41, 5.74) is 0. The van der Waals surface area contributed by atoms with Gasteiger partial charge in [-0.25, -0.2) is 4.79 Å². The van der Waals surface area contributed by atoms with Gasteiger partial charge in [-0.05, 0) is 83.5 Å². The zero-order chi connectivity index (χ0) is 54.7. The van der Waals surface area contributed by atoms with Crippen LogP contribution < -0.4 is 0 Å². The van der Waals surface area contributed by atoms with Gasteiger partial charge in [0.15, 0.2) is 24.6 Å². The van der Waals surface area contributed by atoms with Gasteiger partial charge in [-0.2, -0.15) is 0 Å². The molecule has 0 aromatic rings. The molecule has 1 aliphatic heterocycles. The summed E-state index contributed by atoms with van der Waals surface area (Å²) in [4.78, 5) is 51.1. The number of aliphatic hydroxyl groups is 2. The standard InChI is InChI=1S/C63H106O12/c1-4-7-10-13-16-19-22-24-26-27-28-29-31-32-35-37-40-43-46-49-55(64)71-52-54(73-56(65)50-47-44-41-39-36-33-30-25-23-20-17-14-11-8-5-2)53-72-63-61(59(68)58(67)60(75-63)62(69)70)74-57(66)51-48-45-42-38-34-21-18-15-12-9-6-3/h7,10,15-16,18-19,24,26,28-29,32,35,54,58-61,63,67-68H,4-6,8-9,11-14,17,20-23,25,27,30-31,33-34,36-53H2,1-3H3,(H,69,70)/b10-7-,18-15-,19-16-,26-24-,29-28-,35-32-. The van der Waals surface area contributed by atoms with Crippen molar-refractivity contribution in [3.05, 3.63) is 72.9 Å². The second-order valence-electron chi connectivity index (χ2n) is 20.3. The minimum Gasteiger partial charge on any atom is -0.479 e. The number of carbonyl (C=O) groups excluding carboxylic acids is 3. The summed E-state index contributed by atoms with van der Waals surface area (Å²) in [7, 11) is 0. The van der Waals surface area contributed by atoms with Crippen molar-refractivity contribution in [3.8, 4) is 0 Å². The summed E-state index contributed by atoms with van der Waals surface area (Å²) in [5.74, 6) is -3.17. The van der Waals surface area contributed by atoms with Crippen LogP contribution in [0.2, 0.25) is 0 Å². The lowest BCUT2D eigenvalue weighted by Gasteiger charge is -2.40. The Morgan fingerprint density at radius 1 is 0.453 bits per heavy atom. The highest BCUT2D eigenvalue weighted by Gasteiger charge is 2.50. The molecular formula is C63H106O12. The molecule has 6 unspecified atom stereocenters. The molecule has 0 amide bonds. The molecule has 3 N–H and O–H groups in total. The van der Waals surface area contributed by atoms with Crippen LogP contribution in [0.3, 0.4) is 0 Å². The third kappa shape index (κ3) is 41.0. The van der Waals surface area contributed by atoms with Crippen molar-refractivity contribution >= 4 is 23.9 Å². The molecule has 1 aliphatic rings. The molecule has 12 heteroatoms. The number of carboxylic acid groups (broad SMARTS) is 1. The van der Waals surface area contributed by atoms with E-state index in [4.69, 9.17) is 23.7 Å². The number of hydrogen-bond donors (Lipinski definition) is 3. The van der Waals surface area contributed by atoms with Crippen molar-refractivity contribution in [1.82, 2.24) is 0 Å². The Kier molecular flexibility index (Phi) is 47.0. The molecule has 1 heterocycles. The van der Waals surface area contributed by atoms with Crippen molar-refractivity contribution in [2.75, 3.05) is 13.2 Å². The van der Waals surface area contributed by atoms with Gasteiger partial charge in [0.05, 0.1) is 6.61 Å². The molecule has 1 fully saturated rings. The third-order valence-corrected chi connectivity index (χ3v) is 13.3. The monoisotopic (exact) mass is 1050 g/mol. The van der Waals surface area contributed by atoms with Crippen molar-refractivity contribution in [3.63, 3.8) is 0 Å². The van der Waals surface area contributed by atoms with Crippen molar-refractivity contribution in [2.24, 2.45) is 0 Å². The molecule has 1 rings (SSSR count). The largest absolute Gasteiger partial charge is 0.479 e. The average molecular weight is 1060 g/mol. The van der Waals surface area contributed by atoms with E-state index in [0.29, 0.717) is 19.3 Å². The highest BCUT2D eigenvalue weighted by molar-refractivity contribution is 5.74. The summed E-state index contributed by atoms with van der Waals surface area (Å²) >= 11 is 0. The normalized spacial score (nSPS) is 18.7. The van der Waals surface area contributed by atoms with Crippen LogP contribution in [0.5, 0.6) is 0 Å². The Morgan fingerprint density at radius 2 is 0.853 bits per heavy atom. The lowest BCUT2D eigenvalue weighted by molar-refractivity contribution is -0.301. The Balaban J connectivity index is 2.70. The molecule has 0 aromatic carbocycles. The predicted molar refractivity (Wildman–Crippen MR) is 303 cm³/mol. The molecule has 12 nitrogen and oxygen atoms in total. The van der Waals surface area contributed by atoms with Crippen LogP contribution in [-0.4, -0.2) is 89.2 Å². The van der Waals surface area contributed by atoms with Crippen molar-refractivity contribution < 1.29 is 58.2 Å². The zero-order valence-electron chi connectivity index (χ0n) is 47.3. The Hall–Kier alpha value is -3.84. The number of esters is 3. The van der Waals surface area contributed by atoms with Crippen LogP contribution in [0.25, 0.3) is 0 Å². The van der Waals surface area contributed by atoms with E-state index < -0.39 is 67.3 Å². The molecule has 0 spiro atoms. The smallest absolute Gasteiger partial charge is 0.335 e. The van der Waals surface area contributed by atoms with Crippen LogP contribution in [0.15, 0.2) is 72.9 Å². The zero-order valence-corrected chi connectivity index (χ0v) is 47.3. The summed E-state index contributed by atoms with van der Waals surface area (Å²) in [6.45, 7) is 5.81. The first kappa shape index (κ1) is 69.2. The summed E-state index contributed by atoms with van der Waals surface area (Å²) in [6.07, 6.45) is 51.6. The first-order valence-corrected chi connectivity index (χ1v) is 29.9. The first-order chi connectivity index (χ1) is 36.6. The van der Waals surface area contributed by atoms with Crippen LogP contribution >= 0.6 is 0 Å². The lowest BCUT2D eigenvalue weighted by Crippen LogP contribution is -2.61. The molecule has 0 saturated carbocycles. The Bertz CT molecular complexity index is 1580. The maximum absolute atomic E-state index is 13.1. The average Bonchev–Trinajstić information content (AvgIpc) is 3.39. The van der Waals surface area contributed by atoms with E-state index in [1.165, 1.54) is 83.5 Å². The van der Waals surface area contributed by atoms with Crippen LogP contribution in [0, 0.1) is 0 Å². The van der Waals surface area contributed by atoms with Gasteiger partial charge >= 0.3 is 23.9 Å². The van der Waals surface area contributed by atoms with Crippen LogP contribution in [-0.2, 0) is 42.9 Å². The molecule has 0 bridgehead atoms. The van der Waals surface area contributed by atoms with Gasteiger partial charge in [0, 0.05) is 19.3 Å². The number of aliphatic hydroxyl groups excluding tert-OH is 2. The first-order valence-electron chi connectivity index (χ1n) is 29.9. The fourth-order valence-corrected chi connectivity index (χ4v) is 8.67. The van der Waals surface area contributed by atoms with Gasteiger partial charge in [-0.3, -0.25) is 14.4 Å². The van der Waals surface area contributed by atoms with Crippen molar-refractivity contribution in [2.45, 2.75) is 289 Å². The molecule has 1 saturated heterocycles. The van der Waals surface area contributed by atoms with E-state index in [1.807, 2.05) is 0 Å². The van der Waals surface area contributed by atoms with Gasteiger partial charge in [0.25, 0.3) is 0 Å². The maximum Gasteiger partial charge on any atom is 0.335 e. The summed E-state index contributed by atoms with van der Waals surface area (Å²) < 4.78 is 28.4. The van der Waals surface area contributed by atoms with Gasteiger partial charge < -0.3 is 39.0 Å². The number of rotatable bonds is 50. The molecule has 430 valence electrons. The quantitative estimate of drug-likeness (QED) is 0.0228. The fourth-order valence-electron chi connectivity index (χ4n) is 8.67. The SMILES string of the molecule is CC/C=C\C/C=C\C/C=C\C/C=C\C/C=C\CCCCCC(=O)OCC(COC1OC(C(=O)O)C(O)C(O)C1OC(=O)CCCCCCC/C=C\CCCC)OC(=O)CCCCCCCCCCCCCCCCC. The van der Waals surface area contributed by atoms with E-state index in [2.05, 4.69) is 93.7 Å². The predicted octanol–water partition coefficient (Wildman–Crippen LogP) is 15.3. The molecule has 75 heavy (non-hydrogen) atoms. The Morgan fingerprint density at radius 3 is 1.35 bits per heavy atom. The number of aliphatic carboxylic acids is 1. The number of unbranched alkanes of at least 4 members (excludes halogenated alkanes) is 24. The second kappa shape index (κ2) is 50.9. The molecule has 6 atom stereocenters. The summed E-state index contributed by atoms with van der Waals surface area (Å²) in [5, 5.41) is 31.4. The highest BCUT2D eigenvalue weighted by atomic mass is 16.7. The van der Waals surface area contributed by atoms with E-state index in [-0.39, 0.29) is 25.9 Å². The lowest BCUT2D eigenvalue weighted by atomic mass is 9.98. The Labute approximate surface area is 455 Å². The number of hydrogen-bond acceptors (Lipinski definition) is 11. The van der Waals surface area contributed by atoms with Gasteiger partial charge in [-0.15, -0.1) is 0 Å². The van der Waals surface area contributed by atoms with Gasteiger partial charge in [0.1, 0.15) is 18.8 Å². The van der Waals surface area contributed by atoms with Crippen LogP contribution in [0.1, 0.15) is 252 Å². The minimum atomic E-state index is -1.91. The van der Waals surface area contributed by atoms with Gasteiger partial charge in [0.2, 0.25) is 0 Å². The number of ether oxygens (including phenoxy) is 5. The van der Waals surface area contributed by atoms with E-state index in [0.717, 1.165) is 109 Å². The van der Waals surface area contributed by atoms with E-state index >= 15 is 0 Å². The summed E-state index contributed by atoms with van der Waals surface area (Å²) in [6, 6.07) is 0. The van der Waals surface area contributed by atoms with Crippen LogP contribution in [0.4, 0.5) is 0 Å². The topological polar surface area (TPSA) is 175 Å². The minimum absolute atomic E-state index is 0.0458. The third-order valence-electron chi connectivity index (χ3n) is 13.3. The van der Waals surface area contributed by atoms with Crippen molar-refractivity contribution in [1.29, 1.82) is 0 Å². The molecule has 0 radical (unpaired) electrons. The second-order valence-corrected chi connectivity index (χ2v) is 20.3.